The van der Waals surface area contributed by atoms with Crippen LogP contribution in [0.25, 0.3) is 0 Å². The van der Waals surface area contributed by atoms with Gasteiger partial charge in [0, 0.05) is 49.7 Å². The number of nitrogen functional groups attached to an aromatic ring is 1. The lowest BCUT2D eigenvalue weighted by Gasteiger charge is -2.32. The molecule has 0 bridgehead atoms. The van der Waals surface area contributed by atoms with Gasteiger partial charge in [0.25, 0.3) is 11.8 Å². The molecule has 3 N–H and O–H groups in total. The highest BCUT2D eigenvalue weighted by molar-refractivity contribution is 6.07. The van der Waals surface area contributed by atoms with Crippen molar-refractivity contribution in [2.24, 2.45) is 7.05 Å². The molecule has 2 aromatic heterocycles. The van der Waals surface area contributed by atoms with Crippen molar-refractivity contribution in [1.82, 2.24) is 14.5 Å². The summed E-state index contributed by atoms with van der Waals surface area (Å²) in [6, 6.07) is 11.8. The number of piperidine rings is 1. The summed E-state index contributed by atoms with van der Waals surface area (Å²) in [4.78, 5) is 43.0. The Morgan fingerprint density at radius 2 is 1.76 bits per heavy atom. The van der Waals surface area contributed by atoms with Crippen molar-refractivity contribution >= 4 is 23.3 Å². The number of nitrogens with two attached hydrogens (primary N) is 1. The lowest BCUT2D eigenvalue weighted by Crippen LogP contribution is -2.38. The highest BCUT2D eigenvalue weighted by atomic mass is 19.1. The number of anilines is 2. The minimum Gasteiger partial charge on any atom is -0.383 e. The predicted molar refractivity (Wildman–Crippen MR) is 123 cm³/mol. The van der Waals surface area contributed by atoms with E-state index in [0.717, 1.165) is 5.69 Å². The van der Waals surface area contributed by atoms with E-state index in [-0.39, 0.29) is 34.6 Å². The van der Waals surface area contributed by atoms with Crippen molar-refractivity contribution < 1.29 is 14.0 Å². The molecule has 1 saturated heterocycles. The average molecular weight is 449 g/mol. The number of likely N-dealkylation sites (tertiary alicyclic amines) is 1. The molecule has 33 heavy (non-hydrogen) atoms. The van der Waals surface area contributed by atoms with E-state index in [1.54, 1.807) is 36.3 Å². The van der Waals surface area contributed by atoms with Gasteiger partial charge in [-0.15, -0.1) is 0 Å². The molecular weight excluding hydrogens is 425 g/mol. The second-order valence-corrected chi connectivity index (χ2v) is 8.06. The molecule has 0 unspecified atom stereocenters. The Hall–Kier alpha value is -4.01. The van der Waals surface area contributed by atoms with Gasteiger partial charge < -0.3 is 20.5 Å². The van der Waals surface area contributed by atoms with E-state index in [9.17, 15) is 18.8 Å². The molecule has 0 spiro atoms. The second-order valence-electron chi connectivity index (χ2n) is 8.06. The number of hydrogen-bond donors (Lipinski definition) is 2. The first-order chi connectivity index (χ1) is 15.8. The minimum atomic E-state index is -0.421. The Bertz CT molecular complexity index is 1250. The summed E-state index contributed by atoms with van der Waals surface area (Å²) in [5, 5.41) is 2.68. The van der Waals surface area contributed by atoms with Gasteiger partial charge in [-0.3, -0.25) is 14.4 Å². The maximum Gasteiger partial charge on any atom is 0.259 e. The van der Waals surface area contributed by atoms with Crippen LogP contribution in [0.4, 0.5) is 15.9 Å². The number of carbonyl (C=O) groups excluding carboxylic acids is 2. The molecule has 0 saturated carbocycles. The van der Waals surface area contributed by atoms with Gasteiger partial charge >= 0.3 is 0 Å². The molecular formula is C24H24FN5O3. The molecule has 1 aliphatic heterocycles. The Labute approximate surface area is 189 Å². The zero-order chi connectivity index (χ0) is 23.5. The van der Waals surface area contributed by atoms with Crippen LogP contribution in [0, 0.1) is 5.82 Å². The van der Waals surface area contributed by atoms with E-state index in [4.69, 9.17) is 5.73 Å². The number of aromatic nitrogens is 2. The summed E-state index contributed by atoms with van der Waals surface area (Å²) in [5.74, 6) is -0.678. The first-order valence-corrected chi connectivity index (χ1v) is 10.6. The molecule has 0 atom stereocenters. The lowest BCUT2D eigenvalue weighted by atomic mass is 9.92. The number of pyridine rings is 2. The normalized spacial score (nSPS) is 14.2. The molecule has 8 nitrogen and oxygen atoms in total. The maximum absolute atomic E-state index is 13.0. The zero-order valence-electron chi connectivity index (χ0n) is 18.1. The van der Waals surface area contributed by atoms with Crippen molar-refractivity contribution in [3.8, 4) is 0 Å². The van der Waals surface area contributed by atoms with Gasteiger partial charge in [0.05, 0.1) is 11.1 Å². The third-order valence-corrected chi connectivity index (χ3v) is 5.83. The monoisotopic (exact) mass is 449 g/mol. The summed E-state index contributed by atoms with van der Waals surface area (Å²) in [6.45, 7) is 1.11. The van der Waals surface area contributed by atoms with Crippen LogP contribution in [-0.2, 0) is 7.05 Å². The second kappa shape index (κ2) is 9.23. The molecule has 9 heteroatoms. The molecule has 1 aromatic carbocycles. The number of halogens is 1. The number of rotatable bonds is 4. The summed E-state index contributed by atoms with van der Waals surface area (Å²) >= 11 is 0. The van der Waals surface area contributed by atoms with Gasteiger partial charge in [0.15, 0.2) is 0 Å². The number of nitrogens with zero attached hydrogens (tertiary/aromatic N) is 3. The largest absolute Gasteiger partial charge is 0.383 e. The average Bonchev–Trinajstić information content (AvgIpc) is 2.82. The van der Waals surface area contributed by atoms with E-state index < -0.39 is 5.91 Å². The molecule has 3 aromatic rings. The van der Waals surface area contributed by atoms with E-state index in [1.807, 2.05) is 0 Å². The number of aryl methyl sites for hydroxylation is 1. The quantitative estimate of drug-likeness (QED) is 0.636. The number of carbonyl (C=O) groups is 2. The third-order valence-electron chi connectivity index (χ3n) is 5.83. The molecule has 0 aliphatic carbocycles. The Morgan fingerprint density at radius 3 is 2.39 bits per heavy atom. The SMILES string of the molecule is Cn1cc(C(=O)N2CCC(c3ccc(C(=O)Nc4ccc(F)cc4)c(N)n3)CC2)ccc1=O. The van der Waals surface area contributed by atoms with Crippen LogP contribution in [0.3, 0.4) is 0 Å². The number of benzene rings is 1. The fraction of sp³-hybridized carbons (Fsp3) is 0.250. The molecule has 170 valence electrons. The zero-order valence-corrected chi connectivity index (χ0v) is 18.1. The van der Waals surface area contributed by atoms with Gasteiger partial charge in [0.2, 0.25) is 5.56 Å². The first kappa shape index (κ1) is 22.2. The van der Waals surface area contributed by atoms with Crippen LogP contribution in [0.1, 0.15) is 45.2 Å². The van der Waals surface area contributed by atoms with Crippen LogP contribution in [-0.4, -0.2) is 39.4 Å². The molecule has 4 rings (SSSR count). The Morgan fingerprint density at radius 1 is 1.06 bits per heavy atom. The van der Waals surface area contributed by atoms with Crippen molar-refractivity contribution in [3.63, 3.8) is 0 Å². The molecule has 0 radical (unpaired) electrons. The lowest BCUT2D eigenvalue weighted by molar-refractivity contribution is 0.0711. The van der Waals surface area contributed by atoms with Crippen molar-refractivity contribution in [1.29, 1.82) is 0 Å². The van der Waals surface area contributed by atoms with Gasteiger partial charge in [-0.05, 0) is 55.3 Å². The van der Waals surface area contributed by atoms with Crippen LogP contribution in [0.2, 0.25) is 0 Å². The van der Waals surface area contributed by atoms with Gasteiger partial charge in [-0.25, -0.2) is 9.37 Å². The Kier molecular flexibility index (Phi) is 6.21. The summed E-state index contributed by atoms with van der Waals surface area (Å²) < 4.78 is 14.4. The number of amides is 2. The summed E-state index contributed by atoms with van der Waals surface area (Å²) in [6.07, 6.45) is 2.98. The Balaban J connectivity index is 1.39. The van der Waals surface area contributed by atoms with Crippen LogP contribution in [0.5, 0.6) is 0 Å². The number of hydrogen-bond acceptors (Lipinski definition) is 5. The fourth-order valence-corrected chi connectivity index (χ4v) is 3.92. The van der Waals surface area contributed by atoms with Crippen LogP contribution >= 0.6 is 0 Å². The van der Waals surface area contributed by atoms with Gasteiger partial charge in [0.1, 0.15) is 11.6 Å². The van der Waals surface area contributed by atoms with Crippen molar-refractivity contribution in [2.75, 3.05) is 24.1 Å². The predicted octanol–water partition coefficient (Wildman–Crippen LogP) is 2.77. The molecule has 1 fully saturated rings. The van der Waals surface area contributed by atoms with Crippen molar-refractivity contribution in [2.45, 2.75) is 18.8 Å². The van der Waals surface area contributed by atoms with E-state index in [1.165, 1.54) is 34.9 Å². The maximum atomic E-state index is 13.0. The highest BCUT2D eigenvalue weighted by Crippen LogP contribution is 2.29. The first-order valence-electron chi connectivity index (χ1n) is 10.6. The molecule has 2 amide bonds. The third kappa shape index (κ3) is 4.92. The molecule has 3 heterocycles. The smallest absolute Gasteiger partial charge is 0.259 e. The van der Waals surface area contributed by atoms with Gasteiger partial charge in [-0.2, -0.15) is 0 Å². The topological polar surface area (TPSA) is 110 Å². The van der Waals surface area contributed by atoms with E-state index in [0.29, 0.717) is 37.2 Å². The minimum absolute atomic E-state index is 0.107. The van der Waals surface area contributed by atoms with Crippen LogP contribution < -0.4 is 16.6 Å². The number of nitrogens with one attached hydrogen (secondary N) is 1. The van der Waals surface area contributed by atoms with Crippen LogP contribution in [0.15, 0.2) is 59.5 Å². The van der Waals surface area contributed by atoms with Gasteiger partial charge in [-0.1, -0.05) is 0 Å². The molecule has 1 aliphatic rings. The fourth-order valence-electron chi connectivity index (χ4n) is 3.92. The highest BCUT2D eigenvalue weighted by Gasteiger charge is 2.26. The standard InChI is InChI=1S/C24H24FN5O3/c1-29-14-16(2-9-21(29)31)24(33)30-12-10-15(11-13-30)20-8-7-19(22(26)28-20)23(32)27-18-5-3-17(25)4-6-18/h2-9,14-15H,10-13H2,1H3,(H2,26,28)(H,27,32). The summed E-state index contributed by atoms with van der Waals surface area (Å²) in [5.41, 5.74) is 7.86. The van der Waals surface area contributed by atoms with E-state index >= 15 is 0 Å². The summed E-state index contributed by atoms with van der Waals surface area (Å²) in [7, 11) is 1.62. The van der Waals surface area contributed by atoms with Crippen molar-refractivity contribution in [3.05, 3.63) is 87.7 Å². The van der Waals surface area contributed by atoms with E-state index in [2.05, 4.69) is 10.3 Å².